The maximum atomic E-state index is 12.6. The number of rotatable bonds is 5. The Morgan fingerprint density at radius 2 is 1.94 bits per heavy atom. The quantitative estimate of drug-likeness (QED) is 0.353. The zero-order chi connectivity index (χ0) is 20.9. The number of hydrogen-bond acceptors (Lipinski definition) is 4. The highest BCUT2D eigenvalue weighted by Gasteiger charge is 2.31. The summed E-state index contributed by atoms with van der Waals surface area (Å²) in [6.45, 7) is 10.8. The third-order valence-corrected chi connectivity index (χ3v) is 6.39. The molecule has 1 N–H and O–H groups in total. The van der Waals surface area contributed by atoms with Crippen molar-refractivity contribution in [3.8, 4) is 0 Å². The van der Waals surface area contributed by atoms with Gasteiger partial charge in [0.2, 0.25) is 0 Å². The average Bonchev–Trinajstić information content (AvgIpc) is 3.46. The molecule has 0 spiro atoms. The van der Waals surface area contributed by atoms with Gasteiger partial charge in [-0.05, 0) is 44.7 Å². The van der Waals surface area contributed by atoms with E-state index in [2.05, 4.69) is 53.2 Å². The third-order valence-electron chi connectivity index (χ3n) is 6.39. The summed E-state index contributed by atoms with van der Waals surface area (Å²) in [5.74, 6) is 1.12. The summed E-state index contributed by atoms with van der Waals surface area (Å²) in [5.41, 5.74) is 2.79. The van der Waals surface area contributed by atoms with Gasteiger partial charge in [-0.2, -0.15) is 0 Å². The number of aliphatic imine (C=N–C) groups is 1. The van der Waals surface area contributed by atoms with Gasteiger partial charge in [0.1, 0.15) is 6.10 Å². The minimum Gasteiger partial charge on any atom is -0.368 e. The van der Waals surface area contributed by atoms with Crippen molar-refractivity contribution in [3.63, 3.8) is 0 Å². The Hall–Kier alpha value is -1.55. The Labute approximate surface area is 203 Å². The Morgan fingerprint density at radius 1 is 1.19 bits per heavy atom. The molecule has 1 amide bonds. The first-order chi connectivity index (χ1) is 14.7. The molecule has 1 aromatic rings. The van der Waals surface area contributed by atoms with E-state index in [0.717, 1.165) is 71.0 Å². The van der Waals surface area contributed by atoms with E-state index in [9.17, 15) is 4.79 Å². The van der Waals surface area contributed by atoms with Gasteiger partial charge >= 0.3 is 0 Å². The summed E-state index contributed by atoms with van der Waals surface area (Å²) in [6.07, 6.45) is 2.75. The standard InChI is InChI=1S/C23H35N5O2.HI/c1-3-24-23(25-17-18(2)28-11-10-19-7-4-5-8-20(19)28)27-14-12-26(13-15-27)22(29)21-9-6-16-30-21;/h4-5,7-8,18,21H,3,6,9-17H2,1-2H3,(H,24,25);1H. The lowest BCUT2D eigenvalue weighted by Crippen LogP contribution is -2.55. The summed E-state index contributed by atoms with van der Waals surface area (Å²) < 4.78 is 5.57. The van der Waals surface area contributed by atoms with E-state index in [1.165, 1.54) is 11.3 Å². The molecule has 172 valence electrons. The fraction of sp³-hybridized carbons (Fsp3) is 0.652. The second kappa shape index (κ2) is 11.4. The molecule has 2 unspecified atom stereocenters. The van der Waals surface area contributed by atoms with Crippen LogP contribution in [-0.2, 0) is 16.0 Å². The molecule has 0 bridgehead atoms. The van der Waals surface area contributed by atoms with E-state index in [-0.39, 0.29) is 36.0 Å². The maximum absolute atomic E-state index is 12.6. The van der Waals surface area contributed by atoms with E-state index in [4.69, 9.17) is 9.73 Å². The summed E-state index contributed by atoms with van der Waals surface area (Å²) in [6, 6.07) is 9.04. The normalized spacial score (nSPS) is 22.2. The monoisotopic (exact) mass is 541 g/mol. The zero-order valence-electron chi connectivity index (χ0n) is 18.8. The number of anilines is 1. The second-order valence-electron chi connectivity index (χ2n) is 8.43. The average molecular weight is 541 g/mol. The van der Waals surface area contributed by atoms with Gasteiger partial charge < -0.3 is 24.8 Å². The Bertz CT molecular complexity index is 760. The Balaban J connectivity index is 0.00000272. The number of guanidine groups is 1. The number of nitrogens with one attached hydrogen (secondary N) is 1. The molecule has 0 saturated carbocycles. The van der Waals surface area contributed by atoms with Gasteiger partial charge in [-0.15, -0.1) is 24.0 Å². The van der Waals surface area contributed by atoms with Crippen molar-refractivity contribution >= 4 is 41.5 Å². The van der Waals surface area contributed by atoms with Crippen LogP contribution in [0, 0.1) is 0 Å². The van der Waals surface area contributed by atoms with Crippen LogP contribution in [0.4, 0.5) is 5.69 Å². The SMILES string of the molecule is CCNC(=NCC(C)N1CCc2ccccc21)N1CCN(C(=O)C2CCCO2)CC1.I. The largest absolute Gasteiger partial charge is 0.368 e. The molecular formula is C23H36IN5O2. The number of piperazine rings is 1. The first kappa shape index (κ1) is 24.1. The molecule has 3 aliphatic heterocycles. The smallest absolute Gasteiger partial charge is 0.251 e. The molecule has 2 atom stereocenters. The van der Waals surface area contributed by atoms with Gasteiger partial charge in [0, 0.05) is 57.6 Å². The van der Waals surface area contributed by atoms with Crippen LogP contribution in [0.2, 0.25) is 0 Å². The number of carbonyl (C=O) groups is 1. The van der Waals surface area contributed by atoms with Crippen molar-refractivity contribution in [2.45, 2.75) is 45.3 Å². The van der Waals surface area contributed by atoms with Gasteiger partial charge in [-0.1, -0.05) is 18.2 Å². The predicted octanol–water partition coefficient (Wildman–Crippen LogP) is 2.34. The first-order valence-electron chi connectivity index (χ1n) is 11.5. The van der Waals surface area contributed by atoms with E-state index in [1.807, 2.05) is 4.90 Å². The number of carbonyl (C=O) groups excluding carboxylic acids is 1. The molecular weight excluding hydrogens is 505 g/mol. The van der Waals surface area contributed by atoms with Crippen LogP contribution in [-0.4, -0.2) is 86.2 Å². The van der Waals surface area contributed by atoms with Crippen LogP contribution in [0.15, 0.2) is 29.3 Å². The minimum atomic E-state index is -0.220. The lowest BCUT2D eigenvalue weighted by Gasteiger charge is -2.37. The highest BCUT2D eigenvalue weighted by molar-refractivity contribution is 14.0. The Kier molecular flexibility index (Phi) is 8.83. The van der Waals surface area contributed by atoms with Crippen molar-refractivity contribution in [1.82, 2.24) is 15.1 Å². The van der Waals surface area contributed by atoms with Gasteiger partial charge in [-0.25, -0.2) is 0 Å². The Morgan fingerprint density at radius 3 is 2.65 bits per heavy atom. The third kappa shape index (κ3) is 5.63. The first-order valence-corrected chi connectivity index (χ1v) is 11.5. The lowest BCUT2D eigenvalue weighted by atomic mass is 10.2. The van der Waals surface area contributed by atoms with Crippen LogP contribution in [0.5, 0.6) is 0 Å². The van der Waals surface area contributed by atoms with Crippen LogP contribution < -0.4 is 10.2 Å². The van der Waals surface area contributed by atoms with E-state index < -0.39 is 0 Å². The maximum Gasteiger partial charge on any atom is 0.251 e. The van der Waals surface area contributed by atoms with Gasteiger partial charge in [0.15, 0.2) is 5.96 Å². The van der Waals surface area contributed by atoms with Crippen molar-refractivity contribution < 1.29 is 9.53 Å². The van der Waals surface area contributed by atoms with E-state index in [1.54, 1.807) is 0 Å². The number of hydrogen-bond donors (Lipinski definition) is 1. The highest BCUT2D eigenvalue weighted by Crippen LogP contribution is 2.29. The van der Waals surface area contributed by atoms with Crippen LogP contribution in [0.1, 0.15) is 32.3 Å². The molecule has 3 heterocycles. The molecule has 0 aromatic heterocycles. The number of ether oxygens (including phenoxy) is 1. The fourth-order valence-electron chi connectivity index (χ4n) is 4.68. The van der Waals surface area contributed by atoms with Crippen molar-refractivity contribution in [2.75, 3.05) is 57.3 Å². The predicted molar refractivity (Wildman–Crippen MR) is 135 cm³/mol. The van der Waals surface area contributed by atoms with Crippen LogP contribution >= 0.6 is 24.0 Å². The zero-order valence-corrected chi connectivity index (χ0v) is 21.1. The van der Waals surface area contributed by atoms with E-state index >= 15 is 0 Å². The summed E-state index contributed by atoms with van der Waals surface area (Å²) >= 11 is 0. The molecule has 31 heavy (non-hydrogen) atoms. The number of fused-ring (bicyclic) bond motifs is 1. The summed E-state index contributed by atoms with van der Waals surface area (Å²) in [5, 5.41) is 3.45. The molecule has 0 radical (unpaired) electrons. The second-order valence-corrected chi connectivity index (χ2v) is 8.43. The highest BCUT2D eigenvalue weighted by atomic mass is 127. The molecule has 2 fully saturated rings. The molecule has 2 saturated heterocycles. The number of benzene rings is 1. The van der Waals surface area contributed by atoms with Gasteiger partial charge in [0.25, 0.3) is 5.91 Å². The topological polar surface area (TPSA) is 60.4 Å². The van der Waals surface area contributed by atoms with E-state index in [0.29, 0.717) is 12.6 Å². The van der Waals surface area contributed by atoms with Crippen molar-refractivity contribution in [3.05, 3.63) is 29.8 Å². The minimum absolute atomic E-state index is 0. The molecule has 8 heteroatoms. The number of nitrogens with zero attached hydrogens (tertiary/aromatic N) is 4. The molecule has 3 aliphatic rings. The van der Waals surface area contributed by atoms with Crippen LogP contribution in [0.3, 0.4) is 0 Å². The number of para-hydroxylation sites is 1. The fourth-order valence-corrected chi connectivity index (χ4v) is 4.68. The summed E-state index contributed by atoms with van der Waals surface area (Å²) in [4.78, 5) is 24.3. The van der Waals surface area contributed by atoms with Crippen LogP contribution in [0.25, 0.3) is 0 Å². The van der Waals surface area contributed by atoms with Crippen molar-refractivity contribution in [1.29, 1.82) is 0 Å². The molecule has 1 aromatic carbocycles. The number of halogens is 1. The lowest BCUT2D eigenvalue weighted by molar-refractivity contribution is -0.142. The van der Waals surface area contributed by atoms with Crippen molar-refractivity contribution in [2.24, 2.45) is 4.99 Å². The molecule has 0 aliphatic carbocycles. The molecule has 7 nitrogen and oxygen atoms in total. The summed E-state index contributed by atoms with van der Waals surface area (Å²) in [7, 11) is 0. The number of amides is 1. The molecule has 4 rings (SSSR count). The van der Waals surface area contributed by atoms with Gasteiger partial charge in [0.05, 0.1) is 6.54 Å². The van der Waals surface area contributed by atoms with Gasteiger partial charge in [-0.3, -0.25) is 9.79 Å².